The van der Waals surface area contributed by atoms with E-state index in [1.54, 1.807) is 6.07 Å². The molecule has 24 heavy (non-hydrogen) atoms. The molecule has 0 unspecified atom stereocenters. The van der Waals surface area contributed by atoms with Crippen LogP contribution in [-0.4, -0.2) is 22.4 Å². The number of carbonyl (C=O) groups is 1. The first-order valence-corrected chi connectivity index (χ1v) is 7.33. The number of alkyl halides is 3. The molecule has 1 saturated carbocycles. The van der Waals surface area contributed by atoms with Crippen LogP contribution in [0.5, 0.6) is 0 Å². The van der Waals surface area contributed by atoms with Crippen molar-refractivity contribution in [3.05, 3.63) is 53.5 Å². The summed E-state index contributed by atoms with van der Waals surface area (Å²) in [6, 6.07) is 5.25. The molecular weight excluding hydrogens is 321 g/mol. The third-order valence-electron chi connectivity index (χ3n) is 4.23. The van der Waals surface area contributed by atoms with Crippen LogP contribution >= 0.6 is 0 Å². The number of nitrogens with zero attached hydrogens (tertiary/aromatic N) is 2. The van der Waals surface area contributed by atoms with Crippen LogP contribution < -0.4 is 11.1 Å². The van der Waals surface area contributed by atoms with Crippen LogP contribution in [0.15, 0.2) is 36.8 Å². The SMILES string of the molecule is Nc1ncncc1C(=O)NCC1(c2cccc(C(F)(F)F)c2)CC1. The molecule has 1 aromatic carbocycles. The van der Waals surface area contributed by atoms with Crippen LogP contribution in [0.25, 0.3) is 0 Å². The van der Waals surface area contributed by atoms with E-state index in [2.05, 4.69) is 15.3 Å². The number of nitrogen functional groups attached to an aromatic ring is 1. The predicted octanol–water partition coefficient (Wildman–Crippen LogP) is 2.54. The van der Waals surface area contributed by atoms with Crippen LogP contribution in [0.1, 0.15) is 34.3 Å². The molecule has 5 nitrogen and oxygen atoms in total. The second-order valence-electron chi connectivity index (χ2n) is 5.86. The Bertz CT molecular complexity index is 772. The van der Waals surface area contributed by atoms with E-state index in [9.17, 15) is 18.0 Å². The lowest BCUT2D eigenvalue weighted by atomic mass is 9.94. The number of amides is 1. The van der Waals surface area contributed by atoms with Crippen molar-refractivity contribution in [1.29, 1.82) is 0 Å². The van der Waals surface area contributed by atoms with Gasteiger partial charge in [0.05, 0.1) is 11.1 Å². The minimum atomic E-state index is -4.38. The van der Waals surface area contributed by atoms with Crippen molar-refractivity contribution in [2.45, 2.75) is 24.4 Å². The van der Waals surface area contributed by atoms with E-state index in [4.69, 9.17) is 5.73 Å². The normalized spacial score (nSPS) is 15.8. The maximum Gasteiger partial charge on any atom is 0.416 e. The van der Waals surface area contributed by atoms with Crippen LogP contribution in [-0.2, 0) is 11.6 Å². The zero-order valence-corrected chi connectivity index (χ0v) is 12.6. The van der Waals surface area contributed by atoms with Gasteiger partial charge in [0, 0.05) is 18.2 Å². The maximum absolute atomic E-state index is 12.9. The highest BCUT2D eigenvalue weighted by Crippen LogP contribution is 2.48. The number of rotatable bonds is 4. The van der Waals surface area contributed by atoms with Gasteiger partial charge in [0.1, 0.15) is 12.1 Å². The number of carbonyl (C=O) groups excluding carboxylic acids is 1. The van der Waals surface area contributed by atoms with Gasteiger partial charge in [-0.25, -0.2) is 9.97 Å². The molecule has 1 aliphatic carbocycles. The van der Waals surface area contributed by atoms with Crippen LogP contribution in [0, 0.1) is 0 Å². The molecule has 0 spiro atoms. The molecule has 2 aromatic rings. The lowest BCUT2D eigenvalue weighted by Gasteiger charge is -2.18. The van der Waals surface area contributed by atoms with E-state index < -0.39 is 23.1 Å². The molecule has 0 saturated heterocycles. The first-order valence-electron chi connectivity index (χ1n) is 7.33. The number of hydrogen-bond acceptors (Lipinski definition) is 4. The van der Waals surface area contributed by atoms with E-state index in [0.29, 0.717) is 5.56 Å². The molecule has 126 valence electrons. The monoisotopic (exact) mass is 336 g/mol. The Hall–Kier alpha value is -2.64. The van der Waals surface area contributed by atoms with E-state index in [-0.39, 0.29) is 17.9 Å². The van der Waals surface area contributed by atoms with Gasteiger partial charge >= 0.3 is 6.18 Å². The molecule has 3 N–H and O–H groups in total. The summed E-state index contributed by atoms with van der Waals surface area (Å²) in [7, 11) is 0. The number of aromatic nitrogens is 2. The van der Waals surface area contributed by atoms with Crippen LogP contribution in [0.4, 0.5) is 19.0 Å². The van der Waals surface area contributed by atoms with Crippen molar-refractivity contribution >= 4 is 11.7 Å². The average molecular weight is 336 g/mol. The number of halogens is 3. The Balaban J connectivity index is 1.74. The zero-order chi connectivity index (χ0) is 17.4. The first kappa shape index (κ1) is 16.2. The topological polar surface area (TPSA) is 80.9 Å². The summed E-state index contributed by atoms with van der Waals surface area (Å²) in [6.45, 7) is 0.238. The first-order chi connectivity index (χ1) is 11.3. The van der Waals surface area contributed by atoms with Crippen molar-refractivity contribution in [2.75, 3.05) is 12.3 Å². The minimum absolute atomic E-state index is 0.0615. The molecule has 0 radical (unpaired) electrons. The summed E-state index contributed by atoms with van der Waals surface area (Å²) in [5, 5.41) is 2.72. The van der Waals surface area contributed by atoms with Crippen molar-refractivity contribution in [3.8, 4) is 0 Å². The maximum atomic E-state index is 12.9. The highest BCUT2D eigenvalue weighted by Gasteiger charge is 2.45. The fourth-order valence-electron chi connectivity index (χ4n) is 2.60. The zero-order valence-electron chi connectivity index (χ0n) is 12.6. The minimum Gasteiger partial charge on any atom is -0.383 e. The highest BCUT2D eigenvalue weighted by atomic mass is 19.4. The smallest absolute Gasteiger partial charge is 0.383 e. The van der Waals surface area contributed by atoms with E-state index in [0.717, 1.165) is 25.0 Å². The van der Waals surface area contributed by atoms with Gasteiger partial charge in [-0.2, -0.15) is 13.2 Å². The van der Waals surface area contributed by atoms with Crippen molar-refractivity contribution in [1.82, 2.24) is 15.3 Å². The summed E-state index contributed by atoms with van der Waals surface area (Å²) < 4.78 is 38.6. The van der Waals surface area contributed by atoms with E-state index >= 15 is 0 Å². The Morgan fingerprint density at radius 2 is 2.08 bits per heavy atom. The largest absolute Gasteiger partial charge is 0.416 e. The Labute approximate surface area is 136 Å². The van der Waals surface area contributed by atoms with Gasteiger partial charge in [-0.15, -0.1) is 0 Å². The summed E-state index contributed by atoms with van der Waals surface area (Å²) in [6.07, 6.45) is -0.408. The van der Waals surface area contributed by atoms with Crippen molar-refractivity contribution in [2.24, 2.45) is 0 Å². The van der Waals surface area contributed by atoms with Crippen molar-refractivity contribution in [3.63, 3.8) is 0 Å². The summed E-state index contributed by atoms with van der Waals surface area (Å²) >= 11 is 0. The molecule has 0 bridgehead atoms. The molecule has 1 fully saturated rings. The molecule has 3 rings (SSSR count). The summed E-state index contributed by atoms with van der Waals surface area (Å²) in [4.78, 5) is 19.6. The summed E-state index contributed by atoms with van der Waals surface area (Å²) in [5.41, 5.74) is 5.21. The summed E-state index contributed by atoms with van der Waals surface area (Å²) in [5.74, 6) is -0.377. The van der Waals surface area contributed by atoms with E-state index in [1.807, 2.05) is 0 Å². The molecule has 0 atom stereocenters. The van der Waals surface area contributed by atoms with Crippen molar-refractivity contribution < 1.29 is 18.0 Å². The average Bonchev–Trinajstić information content (AvgIpc) is 3.34. The number of anilines is 1. The predicted molar refractivity (Wildman–Crippen MR) is 81.1 cm³/mol. The van der Waals surface area contributed by atoms with Crippen LogP contribution in [0.3, 0.4) is 0 Å². The Morgan fingerprint density at radius 3 is 2.71 bits per heavy atom. The fraction of sp³-hybridized carbons (Fsp3) is 0.312. The second kappa shape index (κ2) is 5.77. The Kier molecular flexibility index (Phi) is 3.90. The second-order valence-corrected chi connectivity index (χ2v) is 5.86. The number of nitrogens with one attached hydrogen (secondary N) is 1. The van der Waals surface area contributed by atoms with Gasteiger partial charge in [-0.1, -0.05) is 18.2 Å². The number of nitrogens with two attached hydrogens (primary N) is 1. The van der Waals surface area contributed by atoms with Gasteiger partial charge in [-0.05, 0) is 24.5 Å². The van der Waals surface area contributed by atoms with Crippen LogP contribution in [0.2, 0.25) is 0 Å². The van der Waals surface area contributed by atoms with Gasteiger partial charge < -0.3 is 11.1 Å². The van der Waals surface area contributed by atoms with Gasteiger partial charge in [-0.3, -0.25) is 4.79 Å². The fourth-order valence-corrected chi connectivity index (χ4v) is 2.60. The lowest BCUT2D eigenvalue weighted by Crippen LogP contribution is -2.33. The quantitative estimate of drug-likeness (QED) is 0.899. The van der Waals surface area contributed by atoms with Gasteiger partial charge in [0.15, 0.2) is 0 Å². The van der Waals surface area contributed by atoms with Gasteiger partial charge in [0.2, 0.25) is 0 Å². The molecule has 1 amide bonds. The molecule has 1 aliphatic rings. The Morgan fingerprint density at radius 1 is 1.33 bits per heavy atom. The number of benzene rings is 1. The lowest BCUT2D eigenvalue weighted by molar-refractivity contribution is -0.137. The number of hydrogen-bond donors (Lipinski definition) is 2. The van der Waals surface area contributed by atoms with Gasteiger partial charge in [0.25, 0.3) is 5.91 Å². The molecular formula is C16H15F3N4O. The van der Waals surface area contributed by atoms with E-state index in [1.165, 1.54) is 18.6 Å². The molecule has 1 aromatic heterocycles. The standard InChI is InChI=1S/C16H15F3N4O/c17-16(18,19)11-3-1-2-10(6-11)15(4-5-15)8-22-14(24)12-7-21-9-23-13(12)20/h1-3,6-7,9H,4-5,8H2,(H,22,24)(H2,20,21,23). The highest BCUT2D eigenvalue weighted by molar-refractivity contribution is 5.97. The third-order valence-corrected chi connectivity index (χ3v) is 4.23. The molecule has 8 heteroatoms. The molecule has 1 heterocycles. The molecule has 0 aliphatic heterocycles. The third kappa shape index (κ3) is 3.17.